The third-order valence-corrected chi connectivity index (χ3v) is 7.21. The minimum atomic E-state index is -2.20. The highest BCUT2D eigenvalue weighted by molar-refractivity contribution is 8.68. The summed E-state index contributed by atoms with van der Waals surface area (Å²) in [6.07, 6.45) is 1.93. The van der Waals surface area contributed by atoms with Crippen molar-refractivity contribution in [3.63, 3.8) is 0 Å². The highest BCUT2D eigenvalue weighted by Gasteiger charge is 2.22. The summed E-state index contributed by atoms with van der Waals surface area (Å²) in [5, 5.41) is 0.207. The van der Waals surface area contributed by atoms with E-state index in [9.17, 15) is 0 Å². The first-order chi connectivity index (χ1) is 7.72. The Labute approximate surface area is 115 Å². The van der Waals surface area contributed by atoms with Gasteiger partial charge in [0.25, 0.3) is 0 Å². The molecule has 6 heteroatoms. The normalized spacial score (nSPS) is 15.4. The molecule has 0 saturated carbocycles. The van der Waals surface area contributed by atoms with Crippen LogP contribution < -0.4 is 0 Å². The van der Waals surface area contributed by atoms with Crippen LogP contribution in [-0.2, 0) is 20.9 Å². The average molecular weight is 297 g/mol. The molecule has 102 valence electrons. The van der Waals surface area contributed by atoms with E-state index in [0.29, 0.717) is 13.2 Å². The zero-order valence-electron chi connectivity index (χ0n) is 11.6. The molecule has 17 heavy (non-hydrogen) atoms. The zero-order chi connectivity index (χ0) is 13.5. The van der Waals surface area contributed by atoms with Crippen LogP contribution in [-0.4, -0.2) is 30.2 Å². The molecule has 0 saturated heterocycles. The summed E-state index contributed by atoms with van der Waals surface area (Å²) in [6, 6.07) is 0. The molecule has 0 aliphatic heterocycles. The van der Waals surface area contributed by atoms with Crippen LogP contribution in [0.25, 0.3) is 0 Å². The molecule has 0 fully saturated rings. The third kappa shape index (κ3) is 9.20. The van der Waals surface area contributed by atoms with E-state index in [1.165, 1.54) is 0 Å². The number of hydrogen-bond donors (Lipinski definition) is 0. The highest BCUT2D eigenvalue weighted by atomic mass is 32.9. The summed E-state index contributed by atoms with van der Waals surface area (Å²) >= 11 is 7.02. The monoisotopic (exact) mass is 297 g/mol. The van der Waals surface area contributed by atoms with Crippen molar-refractivity contribution in [2.45, 2.75) is 52.3 Å². The maximum absolute atomic E-state index is 5.58. The molecule has 0 radical (unpaired) electrons. The van der Waals surface area contributed by atoms with Gasteiger partial charge >= 0.3 is 0 Å². The fraction of sp³-hybridized carbons (Fsp3) is 0.909. The van der Waals surface area contributed by atoms with Crippen molar-refractivity contribution in [2.75, 3.05) is 13.2 Å². The zero-order valence-corrected chi connectivity index (χ0v) is 14.1. The molecule has 1 atom stereocenters. The largest absolute Gasteiger partial charge is 0.322 e. The van der Waals surface area contributed by atoms with E-state index >= 15 is 0 Å². The van der Waals surface area contributed by atoms with Gasteiger partial charge in [0.2, 0.25) is 5.69 Å². The maximum atomic E-state index is 5.58. The van der Waals surface area contributed by atoms with Gasteiger partial charge in [0.05, 0.1) is 18.8 Å². The van der Waals surface area contributed by atoms with Crippen LogP contribution in [0.15, 0.2) is 4.99 Å². The Hall–Kier alpha value is 0.590. The smallest absolute Gasteiger partial charge is 0.247 e. The van der Waals surface area contributed by atoms with Crippen molar-refractivity contribution in [1.29, 1.82) is 0 Å². The number of aliphatic imine (C=N–C) groups is 1. The second-order valence-corrected chi connectivity index (χ2v) is 11.1. The van der Waals surface area contributed by atoms with Crippen LogP contribution in [0.1, 0.15) is 41.5 Å². The first-order valence-electron chi connectivity index (χ1n) is 5.85. The van der Waals surface area contributed by atoms with Gasteiger partial charge in [-0.2, -0.15) is 0 Å². The molecule has 0 bridgehead atoms. The SMILES string of the molecule is CCOP(=S)(OCC)SC(C)C=NC(C)(C)C. The first-order valence-corrected chi connectivity index (χ1v) is 9.97. The lowest BCUT2D eigenvalue weighted by Crippen LogP contribution is -2.12. The number of hydrogen-bond acceptors (Lipinski definition) is 5. The van der Waals surface area contributed by atoms with Gasteiger partial charge in [0.1, 0.15) is 0 Å². The first kappa shape index (κ1) is 17.6. The van der Waals surface area contributed by atoms with Crippen molar-refractivity contribution < 1.29 is 9.05 Å². The van der Waals surface area contributed by atoms with Crippen LogP contribution in [0.4, 0.5) is 0 Å². The Morgan fingerprint density at radius 1 is 1.29 bits per heavy atom. The van der Waals surface area contributed by atoms with Crippen molar-refractivity contribution in [2.24, 2.45) is 4.99 Å². The average Bonchev–Trinajstić information content (AvgIpc) is 2.14. The summed E-state index contributed by atoms with van der Waals surface area (Å²) in [6.45, 7) is 13.3. The summed E-state index contributed by atoms with van der Waals surface area (Å²) in [5.74, 6) is 0. The van der Waals surface area contributed by atoms with E-state index < -0.39 is 5.69 Å². The van der Waals surface area contributed by atoms with Crippen molar-refractivity contribution in [3.05, 3.63) is 0 Å². The highest BCUT2D eigenvalue weighted by Crippen LogP contribution is 2.62. The van der Waals surface area contributed by atoms with Gasteiger partial charge in [0, 0.05) is 11.5 Å². The fourth-order valence-corrected chi connectivity index (χ4v) is 6.56. The van der Waals surface area contributed by atoms with E-state index in [4.69, 9.17) is 20.9 Å². The standard InChI is InChI=1S/C11H24NO2PS2/c1-7-13-15(16,14-8-2)17-10(3)9-12-11(4,5)6/h9-10H,7-8H2,1-6H3. The molecule has 0 spiro atoms. The molecule has 0 aromatic carbocycles. The van der Waals surface area contributed by atoms with Gasteiger partial charge in [-0.1, -0.05) is 11.4 Å². The van der Waals surface area contributed by atoms with E-state index in [-0.39, 0.29) is 10.8 Å². The quantitative estimate of drug-likeness (QED) is 0.518. The molecule has 0 amide bonds. The Bertz CT molecular complexity index is 280. The molecular weight excluding hydrogens is 273 g/mol. The maximum Gasteiger partial charge on any atom is 0.247 e. The van der Waals surface area contributed by atoms with E-state index in [0.717, 1.165) is 0 Å². The van der Waals surface area contributed by atoms with Crippen LogP contribution >= 0.6 is 17.1 Å². The third-order valence-electron chi connectivity index (χ3n) is 1.54. The van der Waals surface area contributed by atoms with E-state index in [2.05, 4.69) is 32.7 Å². The minimum absolute atomic E-state index is 0.0470. The molecule has 3 nitrogen and oxygen atoms in total. The molecule has 0 aliphatic carbocycles. The minimum Gasteiger partial charge on any atom is -0.322 e. The van der Waals surface area contributed by atoms with Crippen LogP contribution in [0.2, 0.25) is 0 Å². The Kier molecular flexibility index (Phi) is 8.18. The lowest BCUT2D eigenvalue weighted by molar-refractivity contribution is 0.280. The second kappa shape index (κ2) is 7.90. The van der Waals surface area contributed by atoms with E-state index in [1.54, 1.807) is 11.4 Å². The summed E-state index contributed by atoms with van der Waals surface area (Å²) in [5.41, 5.74) is -2.25. The van der Waals surface area contributed by atoms with Crippen molar-refractivity contribution in [3.8, 4) is 0 Å². The lowest BCUT2D eigenvalue weighted by Gasteiger charge is -2.22. The van der Waals surface area contributed by atoms with E-state index in [1.807, 2.05) is 20.1 Å². The summed E-state index contributed by atoms with van der Waals surface area (Å²) < 4.78 is 11.2. The summed E-state index contributed by atoms with van der Waals surface area (Å²) in [4.78, 5) is 4.48. The molecule has 0 aliphatic rings. The Morgan fingerprint density at radius 3 is 2.12 bits per heavy atom. The van der Waals surface area contributed by atoms with Gasteiger partial charge in [-0.15, -0.1) is 0 Å². The lowest BCUT2D eigenvalue weighted by atomic mass is 10.1. The Balaban J connectivity index is 4.46. The molecule has 0 N–H and O–H groups in total. The number of nitrogens with zero attached hydrogens (tertiary/aromatic N) is 1. The topological polar surface area (TPSA) is 30.8 Å². The van der Waals surface area contributed by atoms with Crippen molar-refractivity contribution in [1.82, 2.24) is 0 Å². The van der Waals surface area contributed by atoms with Crippen molar-refractivity contribution >= 4 is 35.1 Å². The van der Waals surface area contributed by atoms with Gasteiger partial charge in [0.15, 0.2) is 0 Å². The van der Waals surface area contributed by atoms with Gasteiger partial charge < -0.3 is 9.05 Å². The van der Waals surface area contributed by atoms with Gasteiger partial charge in [-0.05, 0) is 53.3 Å². The molecule has 0 aromatic heterocycles. The molecule has 0 aromatic rings. The number of rotatable bonds is 7. The predicted molar refractivity (Wildman–Crippen MR) is 82.8 cm³/mol. The molecule has 0 heterocycles. The Morgan fingerprint density at radius 2 is 1.76 bits per heavy atom. The second-order valence-electron chi connectivity index (χ2n) is 4.54. The van der Waals surface area contributed by atoms with Crippen LogP contribution in [0.5, 0.6) is 0 Å². The summed E-state index contributed by atoms with van der Waals surface area (Å²) in [7, 11) is 0. The predicted octanol–water partition coefficient (Wildman–Crippen LogP) is 4.27. The van der Waals surface area contributed by atoms with Crippen LogP contribution in [0, 0.1) is 0 Å². The molecule has 0 rings (SSSR count). The van der Waals surface area contributed by atoms with Crippen LogP contribution in [0.3, 0.4) is 0 Å². The molecule has 1 unspecified atom stereocenters. The fourth-order valence-electron chi connectivity index (χ4n) is 0.974. The molecular formula is C11H24NO2PS2. The van der Waals surface area contributed by atoms with Gasteiger partial charge in [-0.3, -0.25) is 4.99 Å². The van der Waals surface area contributed by atoms with Gasteiger partial charge in [-0.25, -0.2) is 0 Å².